The van der Waals surface area contributed by atoms with Crippen molar-refractivity contribution in [1.29, 1.82) is 0 Å². The monoisotopic (exact) mass is 313 g/mol. The Kier molecular flexibility index (Phi) is 4.15. The third-order valence-electron chi connectivity index (χ3n) is 3.88. The van der Waals surface area contributed by atoms with E-state index < -0.39 is 0 Å². The first kappa shape index (κ1) is 13.7. The summed E-state index contributed by atoms with van der Waals surface area (Å²) in [6.07, 6.45) is 3.65. The summed E-state index contributed by atoms with van der Waals surface area (Å²) in [7, 11) is 0. The highest BCUT2D eigenvalue weighted by Gasteiger charge is 2.26. The van der Waals surface area contributed by atoms with Crippen LogP contribution in [0.15, 0.2) is 4.42 Å². The van der Waals surface area contributed by atoms with Crippen LogP contribution in [0.3, 0.4) is 0 Å². The molecule has 0 aliphatic heterocycles. The van der Waals surface area contributed by atoms with Crippen molar-refractivity contribution in [3.8, 4) is 0 Å². The lowest BCUT2D eigenvalue weighted by Crippen LogP contribution is -2.31. The van der Waals surface area contributed by atoms with Gasteiger partial charge in [0.15, 0.2) is 0 Å². The predicted octanol–water partition coefficient (Wildman–Crippen LogP) is 3.50. The molecule has 1 N–H and O–H groups in total. The average Bonchev–Trinajstić information content (AvgIpc) is 2.81. The molecule has 100 valence electrons. The van der Waals surface area contributed by atoms with E-state index in [0.717, 1.165) is 17.9 Å². The van der Waals surface area contributed by atoms with Crippen LogP contribution in [0.1, 0.15) is 46.7 Å². The van der Waals surface area contributed by atoms with Crippen molar-refractivity contribution in [3.05, 3.63) is 22.6 Å². The SMILES string of the molecule is Cc1oc(C)c(C(=O)NCC2CCCC2Br)c1C. The van der Waals surface area contributed by atoms with Crippen LogP contribution in [0.5, 0.6) is 0 Å². The van der Waals surface area contributed by atoms with Gasteiger partial charge in [0.25, 0.3) is 5.91 Å². The summed E-state index contributed by atoms with van der Waals surface area (Å²) in [6, 6.07) is 0. The molecule has 1 aliphatic carbocycles. The van der Waals surface area contributed by atoms with Crippen LogP contribution in [-0.2, 0) is 0 Å². The highest BCUT2D eigenvalue weighted by atomic mass is 79.9. The van der Waals surface area contributed by atoms with Crippen molar-refractivity contribution in [2.75, 3.05) is 6.54 Å². The van der Waals surface area contributed by atoms with Gasteiger partial charge in [-0.1, -0.05) is 22.4 Å². The Bertz CT molecular complexity index is 453. The zero-order valence-electron chi connectivity index (χ0n) is 11.2. The van der Waals surface area contributed by atoms with Gasteiger partial charge >= 0.3 is 0 Å². The summed E-state index contributed by atoms with van der Waals surface area (Å²) in [5.74, 6) is 2.09. The minimum absolute atomic E-state index is 0.00606. The van der Waals surface area contributed by atoms with E-state index >= 15 is 0 Å². The van der Waals surface area contributed by atoms with Crippen LogP contribution < -0.4 is 5.32 Å². The van der Waals surface area contributed by atoms with Gasteiger partial charge in [-0.15, -0.1) is 0 Å². The van der Waals surface area contributed by atoms with Crippen molar-refractivity contribution in [2.45, 2.75) is 44.9 Å². The fourth-order valence-electron chi connectivity index (χ4n) is 2.66. The first-order chi connectivity index (χ1) is 8.50. The van der Waals surface area contributed by atoms with Crippen molar-refractivity contribution < 1.29 is 9.21 Å². The maximum absolute atomic E-state index is 12.2. The quantitative estimate of drug-likeness (QED) is 0.868. The summed E-state index contributed by atoms with van der Waals surface area (Å²) in [5.41, 5.74) is 1.66. The lowest BCUT2D eigenvalue weighted by Gasteiger charge is -2.14. The molecular formula is C14H20BrNO2. The highest BCUT2D eigenvalue weighted by Crippen LogP contribution is 2.31. The van der Waals surface area contributed by atoms with Gasteiger partial charge in [-0.3, -0.25) is 4.79 Å². The molecule has 3 nitrogen and oxygen atoms in total. The minimum Gasteiger partial charge on any atom is -0.466 e. The topological polar surface area (TPSA) is 42.2 Å². The van der Waals surface area contributed by atoms with Crippen molar-refractivity contribution in [3.63, 3.8) is 0 Å². The van der Waals surface area contributed by atoms with E-state index in [-0.39, 0.29) is 5.91 Å². The zero-order chi connectivity index (χ0) is 13.3. The van der Waals surface area contributed by atoms with Gasteiger partial charge in [0.2, 0.25) is 0 Å². The largest absolute Gasteiger partial charge is 0.466 e. The first-order valence-corrected chi connectivity index (χ1v) is 7.41. The van der Waals surface area contributed by atoms with Gasteiger partial charge in [0.05, 0.1) is 5.56 Å². The third kappa shape index (κ3) is 2.63. The van der Waals surface area contributed by atoms with Gasteiger partial charge in [-0.2, -0.15) is 0 Å². The molecule has 2 unspecified atom stereocenters. The Morgan fingerprint density at radius 1 is 1.33 bits per heavy atom. The van der Waals surface area contributed by atoms with Crippen LogP contribution >= 0.6 is 15.9 Å². The third-order valence-corrected chi connectivity index (χ3v) is 5.09. The molecular weight excluding hydrogens is 294 g/mol. The van der Waals surface area contributed by atoms with Gasteiger partial charge < -0.3 is 9.73 Å². The average molecular weight is 314 g/mol. The number of amides is 1. The van der Waals surface area contributed by atoms with E-state index in [2.05, 4.69) is 21.2 Å². The van der Waals surface area contributed by atoms with E-state index in [9.17, 15) is 4.79 Å². The number of alkyl halides is 1. The number of hydrogen-bond donors (Lipinski definition) is 1. The van der Waals surface area contributed by atoms with E-state index in [1.807, 2.05) is 20.8 Å². The Balaban J connectivity index is 1.99. The Hall–Kier alpha value is -0.770. The Morgan fingerprint density at radius 3 is 2.56 bits per heavy atom. The molecule has 0 radical (unpaired) electrons. The molecule has 1 fully saturated rings. The lowest BCUT2D eigenvalue weighted by molar-refractivity contribution is 0.0946. The normalized spacial score (nSPS) is 23.3. The van der Waals surface area contributed by atoms with Crippen LogP contribution in [-0.4, -0.2) is 17.3 Å². The molecule has 0 spiro atoms. The fraction of sp³-hybridized carbons (Fsp3) is 0.643. The van der Waals surface area contributed by atoms with Gasteiger partial charge in [-0.25, -0.2) is 0 Å². The van der Waals surface area contributed by atoms with Crippen LogP contribution in [0, 0.1) is 26.7 Å². The number of aryl methyl sites for hydroxylation is 2. The van der Waals surface area contributed by atoms with Crippen molar-refractivity contribution >= 4 is 21.8 Å². The van der Waals surface area contributed by atoms with Gasteiger partial charge in [0, 0.05) is 16.9 Å². The van der Waals surface area contributed by atoms with Crippen LogP contribution in [0.2, 0.25) is 0 Å². The molecule has 4 heteroatoms. The summed E-state index contributed by atoms with van der Waals surface area (Å²) in [5, 5.41) is 3.04. The number of carbonyl (C=O) groups is 1. The molecule has 1 saturated carbocycles. The number of furan rings is 1. The second-order valence-corrected chi connectivity index (χ2v) is 6.31. The number of halogens is 1. The first-order valence-electron chi connectivity index (χ1n) is 6.49. The minimum atomic E-state index is -0.00606. The molecule has 0 bridgehead atoms. The molecule has 1 amide bonds. The number of nitrogens with one attached hydrogen (secondary N) is 1. The summed E-state index contributed by atoms with van der Waals surface area (Å²) in [6.45, 7) is 6.42. The molecule has 0 aromatic carbocycles. The summed E-state index contributed by atoms with van der Waals surface area (Å²) < 4.78 is 5.49. The van der Waals surface area contributed by atoms with E-state index in [4.69, 9.17) is 4.42 Å². The van der Waals surface area contributed by atoms with Gasteiger partial charge in [-0.05, 0) is 39.5 Å². The highest BCUT2D eigenvalue weighted by molar-refractivity contribution is 9.09. The van der Waals surface area contributed by atoms with E-state index in [0.29, 0.717) is 22.1 Å². The predicted molar refractivity (Wildman–Crippen MR) is 75.3 cm³/mol. The molecule has 1 heterocycles. The number of carbonyl (C=O) groups excluding carboxylic acids is 1. The van der Waals surface area contributed by atoms with E-state index in [1.54, 1.807) is 0 Å². The molecule has 18 heavy (non-hydrogen) atoms. The van der Waals surface area contributed by atoms with Gasteiger partial charge in [0.1, 0.15) is 11.5 Å². The summed E-state index contributed by atoms with van der Waals surface area (Å²) >= 11 is 3.67. The molecule has 2 rings (SSSR count). The fourth-order valence-corrected chi connectivity index (χ4v) is 3.44. The number of hydrogen-bond acceptors (Lipinski definition) is 2. The second-order valence-electron chi connectivity index (χ2n) is 5.13. The summed E-state index contributed by atoms with van der Waals surface area (Å²) in [4.78, 5) is 12.7. The Labute approximate surface area is 116 Å². The maximum atomic E-state index is 12.2. The molecule has 2 atom stereocenters. The van der Waals surface area contributed by atoms with Crippen molar-refractivity contribution in [2.24, 2.45) is 5.92 Å². The van der Waals surface area contributed by atoms with Crippen LogP contribution in [0.4, 0.5) is 0 Å². The van der Waals surface area contributed by atoms with Crippen LogP contribution in [0.25, 0.3) is 0 Å². The lowest BCUT2D eigenvalue weighted by atomic mass is 10.1. The smallest absolute Gasteiger partial charge is 0.255 e. The van der Waals surface area contributed by atoms with E-state index in [1.165, 1.54) is 19.3 Å². The Morgan fingerprint density at radius 2 is 2.06 bits per heavy atom. The van der Waals surface area contributed by atoms with Crippen molar-refractivity contribution in [1.82, 2.24) is 5.32 Å². The maximum Gasteiger partial charge on any atom is 0.255 e. The standard InChI is InChI=1S/C14H20BrNO2/c1-8-9(2)18-10(3)13(8)14(17)16-7-11-5-4-6-12(11)15/h11-12H,4-7H2,1-3H3,(H,16,17). The molecule has 1 aromatic rings. The second kappa shape index (κ2) is 5.47. The molecule has 0 saturated heterocycles. The molecule has 1 aromatic heterocycles. The number of rotatable bonds is 3. The zero-order valence-corrected chi connectivity index (χ0v) is 12.8. The molecule has 1 aliphatic rings.